The van der Waals surface area contributed by atoms with Gasteiger partial charge in [0.05, 0.1) is 5.39 Å². The van der Waals surface area contributed by atoms with Gasteiger partial charge in [-0.2, -0.15) is 0 Å². The predicted molar refractivity (Wildman–Crippen MR) is 104 cm³/mol. The molecule has 0 spiro atoms. The number of nitrogens with one attached hydrogen (secondary N) is 1. The van der Waals surface area contributed by atoms with E-state index < -0.39 is 0 Å². The molecule has 2 aromatic heterocycles. The first-order chi connectivity index (χ1) is 11.6. The van der Waals surface area contributed by atoms with E-state index >= 15 is 0 Å². The van der Waals surface area contributed by atoms with Gasteiger partial charge in [-0.25, -0.2) is 4.98 Å². The molecule has 1 N–H and O–H groups in total. The number of H-pyrrole nitrogens is 1. The zero-order valence-corrected chi connectivity index (χ0v) is 15.2. The zero-order valence-electron chi connectivity index (χ0n) is 12.8. The number of aryl methyl sites for hydroxylation is 1. The standard InChI is InChI=1S/C19H13BrN2OS/c1-11-2-4-13(5-3-11)17-21-18(23)16-15(10-24-19(16)22-17)12-6-8-14(20)9-7-12/h2-10H,1H3,(H,21,22,23). The molecule has 5 heteroatoms. The molecule has 0 saturated carbocycles. The summed E-state index contributed by atoms with van der Waals surface area (Å²) in [5, 5.41) is 2.65. The van der Waals surface area contributed by atoms with Crippen LogP contribution < -0.4 is 5.56 Å². The highest BCUT2D eigenvalue weighted by Gasteiger charge is 2.13. The SMILES string of the molecule is Cc1ccc(-c2nc3scc(-c4ccc(Br)cc4)c3c(=O)[nH]2)cc1. The molecular weight excluding hydrogens is 384 g/mol. The molecule has 0 atom stereocenters. The quantitative estimate of drug-likeness (QED) is 0.493. The second kappa shape index (κ2) is 6.00. The van der Waals surface area contributed by atoms with Crippen molar-refractivity contribution < 1.29 is 0 Å². The van der Waals surface area contributed by atoms with E-state index in [2.05, 4.69) is 25.9 Å². The predicted octanol–water partition coefficient (Wildman–Crippen LogP) is 5.39. The van der Waals surface area contributed by atoms with Gasteiger partial charge < -0.3 is 4.98 Å². The summed E-state index contributed by atoms with van der Waals surface area (Å²) >= 11 is 4.93. The number of fused-ring (bicyclic) bond motifs is 1. The van der Waals surface area contributed by atoms with Crippen LogP contribution >= 0.6 is 27.3 Å². The Morgan fingerprint density at radius 3 is 2.38 bits per heavy atom. The van der Waals surface area contributed by atoms with Gasteiger partial charge in [0.25, 0.3) is 5.56 Å². The Bertz CT molecular complexity index is 1080. The minimum Gasteiger partial charge on any atom is -0.306 e. The maximum absolute atomic E-state index is 12.7. The highest BCUT2D eigenvalue weighted by Crippen LogP contribution is 2.32. The highest BCUT2D eigenvalue weighted by atomic mass is 79.9. The Kier molecular flexibility index (Phi) is 3.82. The first-order valence-corrected chi connectivity index (χ1v) is 9.13. The first kappa shape index (κ1) is 15.3. The molecule has 0 bridgehead atoms. The van der Waals surface area contributed by atoms with Gasteiger partial charge >= 0.3 is 0 Å². The maximum atomic E-state index is 12.7. The topological polar surface area (TPSA) is 45.8 Å². The van der Waals surface area contributed by atoms with Crippen molar-refractivity contribution in [1.29, 1.82) is 0 Å². The number of aromatic nitrogens is 2. The van der Waals surface area contributed by atoms with Crippen molar-refractivity contribution in [3.8, 4) is 22.5 Å². The largest absolute Gasteiger partial charge is 0.306 e. The summed E-state index contributed by atoms with van der Waals surface area (Å²) in [6, 6.07) is 15.9. The molecule has 4 aromatic rings. The molecule has 2 aromatic carbocycles. The molecule has 0 saturated heterocycles. The van der Waals surface area contributed by atoms with Gasteiger partial charge in [-0.05, 0) is 24.6 Å². The number of hydrogen-bond donors (Lipinski definition) is 1. The molecule has 0 fully saturated rings. The fourth-order valence-electron chi connectivity index (χ4n) is 2.64. The molecule has 0 amide bonds. The van der Waals surface area contributed by atoms with E-state index in [0.717, 1.165) is 26.0 Å². The molecule has 0 aliphatic carbocycles. The maximum Gasteiger partial charge on any atom is 0.260 e. The van der Waals surface area contributed by atoms with Gasteiger partial charge in [0.15, 0.2) is 0 Å². The monoisotopic (exact) mass is 396 g/mol. The van der Waals surface area contributed by atoms with E-state index in [0.29, 0.717) is 11.2 Å². The molecule has 0 aliphatic heterocycles. The molecule has 0 radical (unpaired) electrons. The Labute approximate surface area is 151 Å². The summed E-state index contributed by atoms with van der Waals surface area (Å²) in [6.07, 6.45) is 0. The van der Waals surface area contributed by atoms with E-state index in [1.54, 1.807) is 0 Å². The van der Waals surface area contributed by atoms with Crippen molar-refractivity contribution in [2.24, 2.45) is 0 Å². The van der Waals surface area contributed by atoms with Crippen molar-refractivity contribution in [3.05, 3.63) is 74.3 Å². The van der Waals surface area contributed by atoms with Gasteiger partial charge in [-0.1, -0.05) is 57.9 Å². The van der Waals surface area contributed by atoms with Gasteiger partial charge in [-0.3, -0.25) is 4.79 Å². The van der Waals surface area contributed by atoms with Crippen LogP contribution in [0.4, 0.5) is 0 Å². The third-order valence-corrected chi connectivity index (χ3v) is 5.33. The Morgan fingerprint density at radius 2 is 1.67 bits per heavy atom. The van der Waals surface area contributed by atoms with Crippen molar-refractivity contribution in [2.45, 2.75) is 6.92 Å². The molecule has 0 unspecified atom stereocenters. The summed E-state index contributed by atoms with van der Waals surface area (Å²) in [5.74, 6) is 0.608. The second-order valence-corrected chi connectivity index (χ2v) is 7.39. The lowest BCUT2D eigenvalue weighted by Gasteiger charge is -2.03. The molecule has 3 nitrogen and oxygen atoms in total. The molecule has 118 valence electrons. The average Bonchev–Trinajstić information content (AvgIpc) is 3.01. The summed E-state index contributed by atoms with van der Waals surface area (Å²) in [6.45, 7) is 2.03. The second-order valence-electron chi connectivity index (χ2n) is 5.62. The van der Waals surface area contributed by atoms with Crippen LogP contribution in [0.1, 0.15) is 5.56 Å². The lowest BCUT2D eigenvalue weighted by molar-refractivity contribution is 1.19. The molecule has 4 rings (SSSR count). The van der Waals surface area contributed by atoms with E-state index in [1.165, 1.54) is 16.9 Å². The number of aromatic amines is 1. The van der Waals surface area contributed by atoms with Gasteiger partial charge in [0.1, 0.15) is 10.7 Å². The Hall–Kier alpha value is -2.24. The summed E-state index contributed by atoms with van der Waals surface area (Å²) < 4.78 is 1.01. The fourth-order valence-corrected chi connectivity index (χ4v) is 3.85. The average molecular weight is 397 g/mol. The van der Waals surface area contributed by atoms with Gasteiger partial charge in [0, 0.05) is 21.0 Å². The van der Waals surface area contributed by atoms with Crippen LogP contribution in [-0.2, 0) is 0 Å². The number of halogens is 1. The molecule has 0 aliphatic rings. The van der Waals surface area contributed by atoms with E-state index in [4.69, 9.17) is 0 Å². The van der Waals surface area contributed by atoms with Crippen LogP contribution in [-0.4, -0.2) is 9.97 Å². The minimum absolute atomic E-state index is 0.102. The smallest absolute Gasteiger partial charge is 0.260 e. The lowest BCUT2D eigenvalue weighted by Crippen LogP contribution is -2.09. The van der Waals surface area contributed by atoms with Crippen LogP contribution in [0, 0.1) is 6.92 Å². The number of nitrogens with zero attached hydrogens (tertiary/aromatic N) is 1. The van der Waals surface area contributed by atoms with Crippen molar-refractivity contribution in [1.82, 2.24) is 9.97 Å². The number of rotatable bonds is 2. The Morgan fingerprint density at radius 1 is 1.00 bits per heavy atom. The number of thiophene rings is 1. The number of benzene rings is 2. The number of hydrogen-bond acceptors (Lipinski definition) is 3. The summed E-state index contributed by atoms with van der Waals surface area (Å²) in [5.41, 5.74) is 3.93. The molecule has 24 heavy (non-hydrogen) atoms. The lowest BCUT2D eigenvalue weighted by atomic mass is 10.1. The Balaban J connectivity index is 1.88. The van der Waals surface area contributed by atoms with Crippen LogP contribution in [0.5, 0.6) is 0 Å². The molecular formula is C19H13BrN2OS. The zero-order chi connectivity index (χ0) is 16.7. The van der Waals surface area contributed by atoms with Crippen molar-refractivity contribution in [3.63, 3.8) is 0 Å². The fraction of sp³-hybridized carbons (Fsp3) is 0.0526. The van der Waals surface area contributed by atoms with E-state index in [9.17, 15) is 4.79 Å². The summed E-state index contributed by atoms with van der Waals surface area (Å²) in [4.78, 5) is 21.0. The first-order valence-electron chi connectivity index (χ1n) is 7.46. The van der Waals surface area contributed by atoms with E-state index in [1.807, 2.05) is 60.8 Å². The van der Waals surface area contributed by atoms with Crippen LogP contribution in [0.2, 0.25) is 0 Å². The third kappa shape index (κ3) is 2.70. The minimum atomic E-state index is -0.102. The van der Waals surface area contributed by atoms with Crippen LogP contribution in [0.3, 0.4) is 0 Å². The van der Waals surface area contributed by atoms with Crippen molar-refractivity contribution in [2.75, 3.05) is 0 Å². The molecule has 2 heterocycles. The normalized spacial score (nSPS) is 11.1. The summed E-state index contributed by atoms with van der Waals surface area (Å²) in [7, 11) is 0. The highest BCUT2D eigenvalue weighted by molar-refractivity contribution is 9.10. The van der Waals surface area contributed by atoms with Gasteiger partial charge in [0.2, 0.25) is 0 Å². The van der Waals surface area contributed by atoms with Crippen LogP contribution in [0.15, 0.2) is 63.2 Å². The van der Waals surface area contributed by atoms with Gasteiger partial charge in [-0.15, -0.1) is 11.3 Å². The van der Waals surface area contributed by atoms with Crippen molar-refractivity contribution >= 4 is 37.5 Å². The van der Waals surface area contributed by atoms with E-state index in [-0.39, 0.29) is 5.56 Å². The third-order valence-electron chi connectivity index (χ3n) is 3.92. The van der Waals surface area contributed by atoms with Crippen LogP contribution in [0.25, 0.3) is 32.7 Å².